The van der Waals surface area contributed by atoms with Crippen LogP contribution in [0.25, 0.3) is 0 Å². The molecule has 0 unspecified atom stereocenters. The summed E-state index contributed by atoms with van der Waals surface area (Å²) in [5, 5.41) is 0. The second-order valence-corrected chi connectivity index (χ2v) is 3.31. The average molecular weight is 234 g/mol. The van der Waals surface area contributed by atoms with Gasteiger partial charge in [-0.15, -0.1) is 0 Å². The molecule has 0 aliphatic heterocycles. The van der Waals surface area contributed by atoms with Crippen LogP contribution < -0.4 is 15.2 Å². The molecule has 2 aromatic rings. The fourth-order valence-electron chi connectivity index (χ4n) is 1.28. The summed E-state index contributed by atoms with van der Waals surface area (Å²) in [5.41, 5.74) is 5.78. The van der Waals surface area contributed by atoms with Gasteiger partial charge in [0.05, 0.1) is 7.11 Å². The summed E-state index contributed by atoms with van der Waals surface area (Å²) < 4.78 is 23.7. The Balaban J connectivity index is 2.25. The lowest BCUT2D eigenvalue weighted by Gasteiger charge is -2.07. The molecular formula is C12H11FN2O2. The van der Waals surface area contributed by atoms with E-state index in [9.17, 15) is 4.39 Å². The molecule has 0 saturated carbocycles. The van der Waals surface area contributed by atoms with Crippen molar-refractivity contribution in [3.63, 3.8) is 0 Å². The lowest BCUT2D eigenvalue weighted by Crippen LogP contribution is -1.94. The number of rotatable bonds is 3. The molecule has 0 bridgehead atoms. The summed E-state index contributed by atoms with van der Waals surface area (Å²) in [6.07, 6.45) is 0. The summed E-state index contributed by atoms with van der Waals surface area (Å²) in [7, 11) is 1.50. The van der Waals surface area contributed by atoms with Crippen LogP contribution in [0.4, 0.5) is 10.1 Å². The monoisotopic (exact) mass is 234 g/mol. The number of anilines is 1. The van der Waals surface area contributed by atoms with Crippen molar-refractivity contribution < 1.29 is 13.9 Å². The van der Waals surface area contributed by atoms with E-state index in [4.69, 9.17) is 15.2 Å². The number of halogens is 1. The fourth-order valence-corrected chi connectivity index (χ4v) is 1.28. The first-order valence-electron chi connectivity index (χ1n) is 4.93. The highest BCUT2D eigenvalue weighted by atomic mass is 19.1. The zero-order chi connectivity index (χ0) is 12.3. The summed E-state index contributed by atoms with van der Waals surface area (Å²) in [6, 6.07) is 9.18. The van der Waals surface area contributed by atoms with E-state index >= 15 is 0 Å². The molecule has 0 fully saturated rings. The van der Waals surface area contributed by atoms with Crippen molar-refractivity contribution in [1.29, 1.82) is 0 Å². The van der Waals surface area contributed by atoms with Gasteiger partial charge in [-0.05, 0) is 12.1 Å². The SMILES string of the molecule is COc1cccc(Oc2ccc(N)cc2F)n1. The number of hydrogen-bond acceptors (Lipinski definition) is 4. The van der Waals surface area contributed by atoms with Crippen molar-refractivity contribution in [1.82, 2.24) is 4.98 Å². The third-order valence-corrected chi connectivity index (χ3v) is 2.08. The maximum atomic E-state index is 13.5. The average Bonchev–Trinajstić information content (AvgIpc) is 2.33. The van der Waals surface area contributed by atoms with Gasteiger partial charge in [-0.1, -0.05) is 6.07 Å². The van der Waals surface area contributed by atoms with Gasteiger partial charge in [0, 0.05) is 23.9 Å². The first-order valence-corrected chi connectivity index (χ1v) is 4.93. The molecule has 4 nitrogen and oxygen atoms in total. The zero-order valence-electron chi connectivity index (χ0n) is 9.18. The molecule has 0 atom stereocenters. The highest BCUT2D eigenvalue weighted by Crippen LogP contribution is 2.25. The van der Waals surface area contributed by atoms with Crippen molar-refractivity contribution in [3.8, 4) is 17.5 Å². The molecule has 2 rings (SSSR count). The van der Waals surface area contributed by atoms with Gasteiger partial charge in [0.1, 0.15) is 0 Å². The molecule has 0 amide bonds. The van der Waals surface area contributed by atoms with E-state index in [1.807, 2.05) is 0 Å². The van der Waals surface area contributed by atoms with Gasteiger partial charge in [-0.2, -0.15) is 4.98 Å². The Bertz CT molecular complexity index is 532. The van der Waals surface area contributed by atoms with Gasteiger partial charge in [0.2, 0.25) is 11.8 Å². The first-order chi connectivity index (χ1) is 8.19. The van der Waals surface area contributed by atoms with Crippen LogP contribution in [0.1, 0.15) is 0 Å². The van der Waals surface area contributed by atoms with Gasteiger partial charge in [0.15, 0.2) is 11.6 Å². The number of ether oxygens (including phenoxy) is 2. The fraction of sp³-hybridized carbons (Fsp3) is 0.0833. The highest BCUT2D eigenvalue weighted by Gasteiger charge is 2.06. The van der Waals surface area contributed by atoms with E-state index in [1.54, 1.807) is 24.3 Å². The first kappa shape index (κ1) is 11.2. The molecule has 2 N–H and O–H groups in total. The zero-order valence-corrected chi connectivity index (χ0v) is 9.18. The van der Waals surface area contributed by atoms with Crippen LogP contribution in [-0.4, -0.2) is 12.1 Å². The lowest BCUT2D eigenvalue weighted by molar-refractivity contribution is 0.378. The minimum absolute atomic E-state index is 0.0694. The van der Waals surface area contributed by atoms with E-state index in [0.29, 0.717) is 11.6 Å². The maximum Gasteiger partial charge on any atom is 0.222 e. The van der Waals surface area contributed by atoms with Crippen molar-refractivity contribution in [3.05, 3.63) is 42.2 Å². The smallest absolute Gasteiger partial charge is 0.222 e. The number of nitrogen functional groups attached to an aromatic ring is 1. The molecule has 5 heteroatoms. The molecule has 1 heterocycles. The molecule has 1 aromatic carbocycles. The molecule has 1 aromatic heterocycles. The van der Waals surface area contributed by atoms with E-state index < -0.39 is 5.82 Å². The number of methoxy groups -OCH3 is 1. The van der Waals surface area contributed by atoms with Gasteiger partial charge in [-0.3, -0.25) is 0 Å². The number of nitrogens with two attached hydrogens (primary N) is 1. The summed E-state index contributed by atoms with van der Waals surface area (Å²) in [6.45, 7) is 0. The van der Waals surface area contributed by atoms with Crippen molar-refractivity contribution in [2.24, 2.45) is 0 Å². The lowest BCUT2D eigenvalue weighted by atomic mass is 10.3. The molecular weight excluding hydrogens is 223 g/mol. The Kier molecular flexibility index (Phi) is 3.09. The van der Waals surface area contributed by atoms with Crippen molar-refractivity contribution >= 4 is 5.69 Å². The Hall–Kier alpha value is -2.30. The summed E-state index contributed by atoms with van der Waals surface area (Å²) in [4.78, 5) is 4.01. The van der Waals surface area contributed by atoms with Crippen molar-refractivity contribution in [2.45, 2.75) is 0 Å². The number of nitrogens with zero attached hydrogens (tertiary/aromatic N) is 1. The minimum Gasteiger partial charge on any atom is -0.481 e. The molecule has 17 heavy (non-hydrogen) atoms. The molecule has 0 aliphatic carbocycles. The predicted octanol–water partition coefficient (Wildman–Crippen LogP) is 2.60. The third-order valence-electron chi connectivity index (χ3n) is 2.08. The van der Waals surface area contributed by atoms with Crippen LogP contribution in [0.3, 0.4) is 0 Å². The van der Waals surface area contributed by atoms with E-state index in [0.717, 1.165) is 0 Å². The number of aromatic nitrogens is 1. The summed E-state index contributed by atoms with van der Waals surface area (Å²) >= 11 is 0. The van der Waals surface area contributed by atoms with Crippen LogP contribution in [0, 0.1) is 5.82 Å². The second-order valence-electron chi connectivity index (χ2n) is 3.31. The van der Waals surface area contributed by atoms with E-state index in [1.165, 1.54) is 19.2 Å². The highest BCUT2D eigenvalue weighted by molar-refractivity contribution is 5.43. The normalized spacial score (nSPS) is 10.0. The van der Waals surface area contributed by atoms with Crippen molar-refractivity contribution in [2.75, 3.05) is 12.8 Å². The molecule has 88 valence electrons. The third kappa shape index (κ3) is 2.63. The van der Waals surface area contributed by atoms with Crippen LogP contribution >= 0.6 is 0 Å². The number of benzene rings is 1. The van der Waals surface area contributed by atoms with Crippen LogP contribution in [0.15, 0.2) is 36.4 Å². The maximum absolute atomic E-state index is 13.5. The Morgan fingerprint density at radius 2 is 1.94 bits per heavy atom. The Morgan fingerprint density at radius 1 is 1.18 bits per heavy atom. The van der Waals surface area contributed by atoms with Gasteiger partial charge in [0.25, 0.3) is 0 Å². The van der Waals surface area contributed by atoms with E-state index in [-0.39, 0.29) is 11.6 Å². The topological polar surface area (TPSA) is 57.4 Å². The number of hydrogen-bond donors (Lipinski definition) is 1. The summed E-state index contributed by atoms with van der Waals surface area (Å²) in [5.74, 6) is 0.195. The molecule has 0 aliphatic rings. The van der Waals surface area contributed by atoms with Gasteiger partial charge < -0.3 is 15.2 Å². The molecule has 0 spiro atoms. The second kappa shape index (κ2) is 4.69. The quantitative estimate of drug-likeness (QED) is 0.829. The van der Waals surface area contributed by atoms with Crippen LogP contribution in [-0.2, 0) is 0 Å². The van der Waals surface area contributed by atoms with Crippen LogP contribution in [0.2, 0.25) is 0 Å². The largest absolute Gasteiger partial charge is 0.481 e. The van der Waals surface area contributed by atoms with Crippen LogP contribution in [0.5, 0.6) is 17.5 Å². The minimum atomic E-state index is -0.533. The predicted molar refractivity (Wildman–Crippen MR) is 61.7 cm³/mol. The Morgan fingerprint density at radius 3 is 2.65 bits per heavy atom. The van der Waals surface area contributed by atoms with Gasteiger partial charge >= 0.3 is 0 Å². The molecule has 0 saturated heterocycles. The number of pyridine rings is 1. The standard InChI is InChI=1S/C12H11FN2O2/c1-16-11-3-2-4-12(15-11)17-10-6-5-8(14)7-9(10)13/h2-7H,14H2,1H3. The van der Waals surface area contributed by atoms with E-state index in [2.05, 4.69) is 4.98 Å². The van der Waals surface area contributed by atoms with Gasteiger partial charge in [-0.25, -0.2) is 4.39 Å². The Labute approximate surface area is 97.8 Å². The molecule has 0 radical (unpaired) electrons.